The van der Waals surface area contributed by atoms with Crippen molar-refractivity contribution in [3.63, 3.8) is 0 Å². The minimum atomic E-state index is -0.624. The average molecular weight is 399 g/mol. The summed E-state index contributed by atoms with van der Waals surface area (Å²) in [6, 6.07) is 8.75. The van der Waals surface area contributed by atoms with Gasteiger partial charge in [-0.2, -0.15) is 0 Å². The minimum absolute atomic E-state index is 0.188. The second-order valence-corrected chi connectivity index (χ2v) is 7.02. The topological polar surface area (TPSA) is 87.9 Å². The van der Waals surface area contributed by atoms with E-state index in [1.54, 1.807) is 31.4 Å². The van der Waals surface area contributed by atoms with E-state index in [0.29, 0.717) is 16.0 Å². The Hall–Kier alpha value is -2.35. The maximum atomic E-state index is 12.9. The normalized spacial score (nSPS) is 18.0. The number of carbonyl (C=O) groups is 1. The molecule has 7 heteroatoms. The van der Waals surface area contributed by atoms with E-state index in [9.17, 15) is 9.59 Å². The predicted molar refractivity (Wildman–Crippen MR) is 108 cm³/mol. The lowest BCUT2D eigenvalue weighted by atomic mass is 9.94. The molecule has 2 aromatic carbocycles. The van der Waals surface area contributed by atoms with Gasteiger partial charge in [0.1, 0.15) is 6.10 Å². The molecule has 6 nitrogen and oxygen atoms in total. The Morgan fingerprint density at radius 1 is 1.11 bits per heavy atom. The van der Waals surface area contributed by atoms with Crippen molar-refractivity contribution < 1.29 is 19.0 Å². The molecule has 0 saturated carbocycles. The van der Waals surface area contributed by atoms with Crippen LogP contribution in [0, 0.1) is 6.42 Å². The third-order valence-corrected chi connectivity index (χ3v) is 5.52. The molecule has 2 aromatic rings. The fraction of sp³-hybridized carbons (Fsp3) is 0.286. The van der Waals surface area contributed by atoms with Gasteiger partial charge < -0.3 is 19.9 Å². The van der Waals surface area contributed by atoms with E-state index >= 15 is 0 Å². The zero-order chi connectivity index (χ0) is 20.4. The third kappa shape index (κ3) is 3.41. The number of ether oxygens (including phenoxy) is 3. The molecule has 3 rings (SSSR count). The van der Waals surface area contributed by atoms with Crippen molar-refractivity contribution in [3.05, 3.63) is 63.7 Å². The smallest absolute Gasteiger partial charge is 0.248 e. The summed E-state index contributed by atoms with van der Waals surface area (Å²) in [6.45, 7) is 0. The zero-order valence-corrected chi connectivity index (χ0v) is 16.9. The van der Waals surface area contributed by atoms with E-state index in [4.69, 9.17) is 19.9 Å². The fourth-order valence-electron chi connectivity index (χ4n) is 3.40. The number of primary amides is 1. The van der Waals surface area contributed by atoms with Gasteiger partial charge >= 0.3 is 0 Å². The summed E-state index contributed by atoms with van der Waals surface area (Å²) in [5.74, 6) is -0.347. The Morgan fingerprint density at radius 3 is 2.39 bits per heavy atom. The molecule has 2 atom stereocenters. The monoisotopic (exact) mass is 399 g/mol. The number of benzene rings is 1. The number of hydrogen-bond donors (Lipinski definition) is 1. The molecule has 0 aromatic heterocycles. The maximum absolute atomic E-state index is 12.9. The average Bonchev–Trinajstić information content (AvgIpc) is 2.91. The van der Waals surface area contributed by atoms with E-state index in [-0.39, 0.29) is 11.2 Å². The lowest BCUT2D eigenvalue weighted by Gasteiger charge is -2.24. The highest BCUT2D eigenvalue weighted by Gasteiger charge is 2.34. The first-order chi connectivity index (χ1) is 13.5. The molecule has 1 aliphatic rings. The molecular formula is C21H21NO5S. The third-order valence-electron chi connectivity index (χ3n) is 4.75. The van der Waals surface area contributed by atoms with Gasteiger partial charge in [-0.15, -0.1) is 11.8 Å². The molecule has 1 amide bonds. The van der Waals surface area contributed by atoms with Gasteiger partial charge in [0.25, 0.3) is 0 Å². The first kappa shape index (κ1) is 20.4. The van der Waals surface area contributed by atoms with Gasteiger partial charge in [0, 0.05) is 25.3 Å². The van der Waals surface area contributed by atoms with E-state index in [2.05, 4.69) is 6.42 Å². The Labute approximate surface area is 168 Å². The van der Waals surface area contributed by atoms with Crippen LogP contribution in [0.1, 0.15) is 27.6 Å². The summed E-state index contributed by atoms with van der Waals surface area (Å²) in [7, 11) is 4.55. The summed E-state index contributed by atoms with van der Waals surface area (Å²) >= 11 is 1.34. The predicted octanol–water partition coefficient (Wildman–Crippen LogP) is 2.69. The molecule has 2 N–H and O–H groups in total. The summed E-state index contributed by atoms with van der Waals surface area (Å²) in [6.07, 6.45) is 3.91. The van der Waals surface area contributed by atoms with E-state index in [0.717, 1.165) is 16.7 Å². The molecule has 0 heterocycles. The van der Waals surface area contributed by atoms with Crippen LogP contribution in [0.3, 0.4) is 0 Å². The molecular weight excluding hydrogens is 378 g/mol. The molecule has 146 valence electrons. The first-order valence-corrected chi connectivity index (χ1v) is 9.74. The van der Waals surface area contributed by atoms with Crippen molar-refractivity contribution in [1.82, 2.24) is 0 Å². The lowest BCUT2D eigenvalue weighted by molar-refractivity contribution is -0.0184. The van der Waals surface area contributed by atoms with Crippen molar-refractivity contribution in [1.29, 1.82) is 0 Å². The fourth-order valence-corrected chi connectivity index (χ4v) is 3.88. The number of methoxy groups -OCH3 is 3. The minimum Gasteiger partial charge on any atom is -0.492 e. The summed E-state index contributed by atoms with van der Waals surface area (Å²) in [4.78, 5) is 25.2. The van der Waals surface area contributed by atoms with Crippen LogP contribution in [0.4, 0.5) is 0 Å². The second kappa shape index (κ2) is 8.34. The van der Waals surface area contributed by atoms with Crippen LogP contribution in [-0.4, -0.2) is 39.6 Å². The van der Waals surface area contributed by atoms with Crippen molar-refractivity contribution in [2.45, 2.75) is 17.1 Å². The van der Waals surface area contributed by atoms with Crippen LogP contribution in [0.15, 0.2) is 40.0 Å². The van der Waals surface area contributed by atoms with Gasteiger partial charge in [0.15, 0.2) is 5.75 Å². The van der Waals surface area contributed by atoms with Crippen LogP contribution < -0.4 is 15.9 Å². The van der Waals surface area contributed by atoms with Crippen LogP contribution in [-0.2, 0) is 9.47 Å². The standard InChI is InChI=1S/C21H21NO5S/c1-25-16-10-15-13(7-8-17(28-4)18(23)20(15)27-3)12-6-5-11(21(22)24)9-14(12)19(16)26-2/h5-9,16,19H,1-4H3,(H2,22,24). The molecule has 2 unspecified atom stereocenters. The second-order valence-electron chi connectivity index (χ2n) is 6.18. The maximum Gasteiger partial charge on any atom is 0.248 e. The number of amides is 1. The van der Waals surface area contributed by atoms with Gasteiger partial charge in [0.05, 0.1) is 24.5 Å². The Balaban J connectivity index is 2.43. The number of fused-ring (bicyclic) bond motifs is 3. The van der Waals surface area contributed by atoms with Crippen LogP contribution in [0.2, 0.25) is 0 Å². The van der Waals surface area contributed by atoms with Crippen molar-refractivity contribution in [2.75, 3.05) is 27.6 Å². The Morgan fingerprint density at radius 2 is 1.82 bits per heavy atom. The van der Waals surface area contributed by atoms with E-state index in [1.807, 2.05) is 12.3 Å². The molecule has 28 heavy (non-hydrogen) atoms. The van der Waals surface area contributed by atoms with Gasteiger partial charge in [-0.05, 0) is 41.1 Å². The molecule has 0 bridgehead atoms. The van der Waals surface area contributed by atoms with Crippen molar-refractivity contribution >= 4 is 17.7 Å². The summed E-state index contributed by atoms with van der Waals surface area (Å²) in [5, 5.41) is 0. The number of thioether (sulfide) groups is 1. The largest absolute Gasteiger partial charge is 0.492 e. The lowest BCUT2D eigenvalue weighted by Crippen LogP contribution is -2.24. The molecule has 0 fully saturated rings. The highest BCUT2D eigenvalue weighted by Crippen LogP contribution is 2.43. The van der Waals surface area contributed by atoms with Crippen LogP contribution in [0.5, 0.6) is 5.75 Å². The van der Waals surface area contributed by atoms with Crippen LogP contribution in [0.25, 0.3) is 11.1 Å². The zero-order valence-electron chi connectivity index (χ0n) is 16.1. The first-order valence-electron chi connectivity index (χ1n) is 8.52. The Kier molecular flexibility index (Phi) is 6.07. The van der Waals surface area contributed by atoms with Crippen molar-refractivity contribution in [2.24, 2.45) is 5.73 Å². The number of nitrogens with two attached hydrogens (primary N) is 1. The highest BCUT2D eigenvalue weighted by atomic mass is 32.2. The molecule has 1 aliphatic carbocycles. The quantitative estimate of drug-likeness (QED) is 0.778. The number of carbonyl (C=O) groups excluding carboxylic acids is 1. The Bertz CT molecular complexity index is 976. The van der Waals surface area contributed by atoms with Gasteiger partial charge in [-0.3, -0.25) is 9.59 Å². The van der Waals surface area contributed by atoms with Crippen molar-refractivity contribution in [3.8, 4) is 16.9 Å². The molecule has 2 radical (unpaired) electrons. The summed E-state index contributed by atoms with van der Waals surface area (Å²) in [5.41, 5.74) is 8.37. The molecule has 0 spiro atoms. The molecule has 0 saturated heterocycles. The highest BCUT2D eigenvalue weighted by molar-refractivity contribution is 7.98. The van der Waals surface area contributed by atoms with Gasteiger partial charge in [0.2, 0.25) is 11.3 Å². The number of hydrogen-bond acceptors (Lipinski definition) is 6. The van der Waals surface area contributed by atoms with E-state index in [1.165, 1.54) is 26.0 Å². The van der Waals surface area contributed by atoms with Crippen LogP contribution >= 0.6 is 11.8 Å². The van der Waals surface area contributed by atoms with Gasteiger partial charge in [-0.25, -0.2) is 0 Å². The summed E-state index contributed by atoms with van der Waals surface area (Å²) < 4.78 is 16.8. The SMILES string of the molecule is COc1c2c(ccc(SC)c1=O)-c1ccc(C(N)=O)cc1C(OC)C(OC)[C]2. The van der Waals surface area contributed by atoms with E-state index < -0.39 is 18.1 Å². The number of rotatable bonds is 5. The molecule has 0 aliphatic heterocycles. The van der Waals surface area contributed by atoms with Gasteiger partial charge in [-0.1, -0.05) is 12.1 Å².